The number of halogens is 1. The van der Waals surface area contributed by atoms with Gasteiger partial charge in [0.15, 0.2) is 0 Å². The molecule has 31 heavy (non-hydrogen) atoms. The number of anilines is 1. The summed E-state index contributed by atoms with van der Waals surface area (Å²) in [5.74, 6) is -0.670. The number of esters is 1. The van der Waals surface area contributed by atoms with Crippen molar-refractivity contribution in [2.75, 3.05) is 24.4 Å². The van der Waals surface area contributed by atoms with Gasteiger partial charge in [-0.05, 0) is 57.0 Å². The second kappa shape index (κ2) is 9.70. The molecule has 1 aliphatic heterocycles. The third-order valence-corrected chi connectivity index (χ3v) is 6.90. The number of hydrogen-bond acceptors (Lipinski definition) is 5. The largest absolute Gasteiger partial charge is 0.466 e. The molecule has 0 saturated carbocycles. The molecule has 1 fully saturated rings. The summed E-state index contributed by atoms with van der Waals surface area (Å²) in [6.07, 6.45) is 1.08. The zero-order valence-corrected chi connectivity index (χ0v) is 19.0. The van der Waals surface area contributed by atoms with Crippen LogP contribution in [-0.4, -0.2) is 44.9 Å². The van der Waals surface area contributed by atoms with E-state index in [4.69, 9.17) is 16.3 Å². The number of ether oxygens (including phenoxy) is 1. The molecule has 3 rings (SSSR count). The van der Waals surface area contributed by atoms with Crippen molar-refractivity contribution in [3.8, 4) is 0 Å². The summed E-state index contributed by atoms with van der Waals surface area (Å²) < 4.78 is 32.6. The third kappa shape index (κ3) is 5.57. The van der Waals surface area contributed by atoms with Gasteiger partial charge in [-0.1, -0.05) is 29.3 Å². The number of likely N-dealkylation sites (tertiary alicyclic amines) is 1. The lowest BCUT2D eigenvalue weighted by atomic mass is 9.96. The molecule has 1 heterocycles. The van der Waals surface area contributed by atoms with Crippen LogP contribution in [0, 0.1) is 12.8 Å². The van der Waals surface area contributed by atoms with Crippen LogP contribution in [0.25, 0.3) is 0 Å². The van der Waals surface area contributed by atoms with Gasteiger partial charge in [0, 0.05) is 13.1 Å². The van der Waals surface area contributed by atoms with Crippen LogP contribution in [0.5, 0.6) is 0 Å². The van der Waals surface area contributed by atoms with Gasteiger partial charge in [-0.15, -0.1) is 0 Å². The minimum absolute atomic E-state index is 0.138. The second-order valence-electron chi connectivity index (χ2n) is 7.43. The Hall–Kier alpha value is -2.58. The maximum absolute atomic E-state index is 12.9. The number of benzene rings is 2. The molecule has 1 amide bonds. The van der Waals surface area contributed by atoms with Gasteiger partial charge in [0.25, 0.3) is 15.9 Å². The van der Waals surface area contributed by atoms with Gasteiger partial charge >= 0.3 is 5.97 Å². The van der Waals surface area contributed by atoms with Gasteiger partial charge in [0.05, 0.1) is 33.7 Å². The highest BCUT2D eigenvalue weighted by molar-refractivity contribution is 7.92. The minimum Gasteiger partial charge on any atom is -0.466 e. The van der Waals surface area contributed by atoms with Crippen LogP contribution >= 0.6 is 11.6 Å². The highest BCUT2D eigenvalue weighted by Gasteiger charge is 2.29. The van der Waals surface area contributed by atoms with Crippen molar-refractivity contribution in [2.24, 2.45) is 5.92 Å². The molecule has 1 N–H and O–H groups in total. The summed E-state index contributed by atoms with van der Waals surface area (Å²) in [5.41, 5.74) is 1.51. The second-order valence-corrected chi connectivity index (χ2v) is 9.52. The average Bonchev–Trinajstić information content (AvgIpc) is 2.74. The van der Waals surface area contributed by atoms with Crippen LogP contribution in [-0.2, 0) is 19.6 Å². The summed E-state index contributed by atoms with van der Waals surface area (Å²) in [4.78, 5) is 26.5. The highest BCUT2D eigenvalue weighted by atomic mass is 35.5. The zero-order chi connectivity index (χ0) is 22.6. The molecule has 0 bridgehead atoms. The Bertz CT molecular complexity index is 1060. The lowest BCUT2D eigenvalue weighted by molar-refractivity contribution is -0.149. The van der Waals surface area contributed by atoms with Crippen LogP contribution in [0.1, 0.15) is 35.7 Å². The smallest absolute Gasteiger partial charge is 0.309 e. The Kier molecular flexibility index (Phi) is 7.23. The average molecular weight is 465 g/mol. The fourth-order valence-corrected chi connectivity index (χ4v) is 4.74. The normalized spacial score (nSPS) is 14.9. The molecule has 7 nitrogen and oxygen atoms in total. The van der Waals surface area contributed by atoms with Crippen molar-refractivity contribution >= 4 is 39.2 Å². The lowest BCUT2D eigenvalue weighted by Crippen LogP contribution is -2.40. The van der Waals surface area contributed by atoms with Crippen molar-refractivity contribution in [2.45, 2.75) is 31.6 Å². The summed E-state index contributed by atoms with van der Waals surface area (Å²) in [7, 11) is -3.77. The van der Waals surface area contributed by atoms with Gasteiger partial charge in [-0.2, -0.15) is 0 Å². The number of piperidine rings is 1. The van der Waals surface area contributed by atoms with Crippen molar-refractivity contribution < 1.29 is 22.7 Å². The molecule has 0 radical (unpaired) electrons. The predicted molar refractivity (Wildman–Crippen MR) is 119 cm³/mol. The number of nitrogens with zero attached hydrogens (tertiary/aromatic N) is 1. The molecule has 0 spiro atoms. The van der Waals surface area contributed by atoms with E-state index in [1.165, 1.54) is 30.3 Å². The number of carbonyl (C=O) groups is 2. The quantitative estimate of drug-likeness (QED) is 0.655. The molecular formula is C22H25ClN2O5S. The van der Waals surface area contributed by atoms with Crippen LogP contribution in [0.15, 0.2) is 47.4 Å². The molecule has 0 aliphatic carbocycles. The Morgan fingerprint density at radius 2 is 1.77 bits per heavy atom. The van der Waals surface area contributed by atoms with Crippen molar-refractivity contribution in [3.05, 3.63) is 58.6 Å². The van der Waals surface area contributed by atoms with Crippen LogP contribution in [0.4, 0.5) is 5.69 Å². The zero-order valence-electron chi connectivity index (χ0n) is 17.4. The standard InChI is InChI=1S/C22H25ClN2O5S/c1-3-30-22(27)16-10-12-25(13-11-16)21(26)19-9-6-17(14-20(19)23)24-31(28,29)18-7-4-15(2)5-8-18/h4-9,14,16,24H,3,10-13H2,1-2H3. The van der Waals surface area contributed by atoms with E-state index < -0.39 is 10.0 Å². The molecule has 0 unspecified atom stereocenters. The fourth-order valence-electron chi connectivity index (χ4n) is 3.43. The fraction of sp³-hybridized carbons (Fsp3) is 0.364. The van der Waals surface area contributed by atoms with E-state index in [1.807, 2.05) is 6.92 Å². The van der Waals surface area contributed by atoms with E-state index in [2.05, 4.69) is 4.72 Å². The molecule has 2 aromatic carbocycles. The first-order valence-corrected chi connectivity index (χ1v) is 11.9. The molecule has 2 aromatic rings. The maximum atomic E-state index is 12.9. The topological polar surface area (TPSA) is 92.8 Å². The summed E-state index contributed by atoms with van der Waals surface area (Å²) >= 11 is 6.30. The first-order valence-electron chi connectivity index (χ1n) is 10.1. The number of sulfonamides is 1. The SMILES string of the molecule is CCOC(=O)C1CCN(C(=O)c2ccc(NS(=O)(=O)c3ccc(C)cc3)cc2Cl)CC1. The van der Waals surface area contributed by atoms with E-state index >= 15 is 0 Å². The summed E-state index contributed by atoms with van der Waals surface area (Å²) in [5, 5.41) is 0.154. The molecular weight excluding hydrogens is 440 g/mol. The Balaban J connectivity index is 1.67. The number of rotatable bonds is 6. The Labute approximate surface area is 187 Å². The highest BCUT2D eigenvalue weighted by Crippen LogP contribution is 2.27. The first-order chi connectivity index (χ1) is 14.7. The van der Waals surface area contributed by atoms with E-state index in [1.54, 1.807) is 24.0 Å². The van der Waals surface area contributed by atoms with E-state index in [-0.39, 0.29) is 39.0 Å². The molecule has 0 aromatic heterocycles. The molecule has 9 heteroatoms. The van der Waals surface area contributed by atoms with Crippen molar-refractivity contribution in [1.82, 2.24) is 4.90 Å². The van der Waals surface area contributed by atoms with E-state index in [9.17, 15) is 18.0 Å². The van der Waals surface area contributed by atoms with E-state index in [0.29, 0.717) is 32.5 Å². The van der Waals surface area contributed by atoms with Gasteiger partial charge in [-0.3, -0.25) is 14.3 Å². The molecule has 0 atom stereocenters. The predicted octanol–water partition coefficient (Wildman–Crippen LogP) is 3.86. The van der Waals surface area contributed by atoms with Gasteiger partial charge in [0.2, 0.25) is 0 Å². The molecule has 166 valence electrons. The number of hydrogen-bond donors (Lipinski definition) is 1. The van der Waals surface area contributed by atoms with Crippen molar-refractivity contribution in [3.63, 3.8) is 0 Å². The Morgan fingerprint density at radius 1 is 1.13 bits per heavy atom. The maximum Gasteiger partial charge on any atom is 0.309 e. The number of nitrogens with one attached hydrogen (secondary N) is 1. The van der Waals surface area contributed by atoms with E-state index in [0.717, 1.165) is 5.56 Å². The lowest BCUT2D eigenvalue weighted by Gasteiger charge is -2.31. The minimum atomic E-state index is -3.77. The number of carbonyl (C=O) groups excluding carboxylic acids is 2. The number of amides is 1. The molecule has 1 aliphatic rings. The first kappa shape index (κ1) is 23.1. The van der Waals surface area contributed by atoms with Crippen molar-refractivity contribution in [1.29, 1.82) is 0 Å². The number of aryl methyl sites for hydroxylation is 1. The summed E-state index contributed by atoms with van der Waals surface area (Å²) in [6, 6.07) is 10.9. The Morgan fingerprint density at radius 3 is 2.35 bits per heavy atom. The summed E-state index contributed by atoms with van der Waals surface area (Å²) in [6.45, 7) is 4.84. The third-order valence-electron chi connectivity index (χ3n) is 5.19. The van der Waals surface area contributed by atoms with Gasteiger partial charge in [0.1, 0.15) is 0 Å². The van der Waals surface area contributed by atoms with Gasteiger partial charge in [-0.25, -0.2) is 8.42 Å². The monoisotopic (exact) mass is 464 g/mol. The van der Waals surface area contributed by atoms with Crippen LogP contribution in [0.3, 0.4) is 0 Å². The molecule has 1 saturated heterocycles. The van der Waals surface area contributed by atoms with Gasteiger partial charge < -0.3 is 9.64 Å². The van der Waals surface area contributed by atoms with Crippen LogP contribution in [0.2, 0.25) is 5.02 Å². The van der Waals surface area contributed by atoms with Crippen LogP contribution < -0.4 is 4.72 Å².